The third-order valence-electron chi connectivity index (χ3n) is 7.45. The van der Waals surface area contributed by atoms with Crippen LogP contribution in [0.25, 0.3) is 0 Å². The second kappa shape index (κ2) is 9.21. The topological polar surface area (TPSA) is 91.5 Å². The van der Waals surface area contributed by atoms with Crippen LogP contribution < -0.4 is 10.9 Å². The average Bonchev–Trinajstić information content (AvgIpc) is 3.33. The van der Waals surface area contributed by atoms with Gasteiger partial charge in [0.15, 0.2) is 0 Å². The Kier molecular flexibility index (Phi) is 6.09. The number of rotatable bonds is 4. The summed E-state index contributed by atoms with van der Waals surface area (Å²) < 4.78 is 5.54. The van der Waals surface area contributed by atoms with Gasteiger partial charge in [0.1, 0.15) is 12.6 Å². The highest BCUT2D eigenvalue weighted by atomic mass is 16.6. The molecule has 1 fully saturated rings. The number of H-pyrrole nitrogens is 1. The minimum atomic E-state index is -0.741. The van der Waals surface area contributed by atoms with E-state index in [9.17, 15) is 14.4 Å². The molecule has 0 radical (unpaired) electrons. The van der Waals surface area contributed by atoms with E-state index in [0.29, 0.717) is 25.8 Å². The second-order valence-corrected chi connectivity index (χ2v) is 9.75. The zero-order valence-electron chi connectivity index (χ0n) is 20.2. The summed E-state index contributed by atoms with van der Waals surface area (Å²) in [6, 6.07) is 12.3. The van der Waals surface area contributed by atoms with Gasteiger partial charge in [0.25, 0.3) is 0 Å². The van der Waals surface area contributed by atoms with Crippen LogP contribution >= 0.6 is 0 Å². The Bertz CT molecular complexity index is 1260. The lowest BCUT2D eigenvalue weighted by molar-refractivity contribution is -0.127. The largest absolute Gasteiger partial charge is 0.445 e. The highest BCUT2D eigenvalue weighted by molar-refractivity contribution is 5.87. The molecule has 3 unspecified atom stereocenters. The molecule has 2 amide bonds. The minimum Gasteiger partial charge on any atom is -0.445 e. The lowest BCUT2D eigenvalue weighted by Crippen LogP contribution is -2.57. The minimum absolute atomic E-state index is 0.107. The number of carbonyl (C=O) groups excluding carboxylic acids is 2. The van der Waals surface area contributed by atoms with Crippen LogP contribution in [0.3, 0.4) is 0 Å². The lowest BCUT2D eigenvalue weighted by Gasteiger charge is -2.48. The third kappa shape index (κ3) is 4.20. The Morgan fingerprint density at radius 2 is 2.03 bits per heavy atom. The first-order valence-corrected chi connectivity index (χ1v) is 12.3. The van der Waals surface area contributed by atoms with Gasteiger partial charge in [-0.3, -0.25) is 14.5 Å². The van der Waals surface area contributed by atoms with Gasteiger partial charge in [-0.25, -0.2) is 4.79 Å². The van der Waals surface area contributed by atoms with Gasteiger partial charge in [0.2, 0.25) is 11.5 Å². The summed E-state index contributed by atoms with van der Waals surface area (Å²) in [5.74, 6) is -0.0823. The third-order valence-corrected chi connectivity index (χ3v) is 7.45. The zero-order chi connectivity index (χ0) is 24.6. The van der Waals surface area contributed by atoms with E-state index in [-0.39, 0.29) is 24.0 Å². The zero-order valence-corrected chi connectivity index (χ0v) is 20.2. The number of aromatic nitrogens is 1. The first-order chi connectivity index (χ1) is 16.9. The van der Waals surface area contributed by atoms with Crippen molar-refractivity contribution in [2.24, 2.45) is 5.92 Å². The molecule has 35 heavy (non-hydrogen) atoms. The van der Waals surface area contributed by atoms with Crippen LogP contribution in [0.2, 0.25) is 0 Å². The number of pyridine rings is 1. The van der Waals surface area contributed by atoms with E-state index in [1.54, 1.807) is 4.90 Å². The number of benzene rings is 1. The summed E-state index contributed by atoms with van der Waals surface area (Å²) in [5.41, 5.74) is 4.14. The van der Waals surface area contributed by atoms with Crippen molar-refractivity contribution < 1.29 is 14.3 Å². The number of allylic oxidation sites excluding steroid dienone is 2. The first kappa shape index (κ1) is 23.1. The van der Waals surface area contributed by atoms with Gasteiger partial charge in [-0.2, -0.15) is 0 Å². The van der Waals surface area contributed by atoms with Crippen molar-refractivity contribution in [2.75, 3.05) is 6.54 Å². The summed E-state index contributed by atoms with van der Waals surface area (Å²) in [5, 5.41) is 3.35. The Labute approximate surface area is 204 Å². The van der Waals surface area contributed by atoms with E-state index >= 15 is 0 Å². The molecular weight excluding hydrogens is 442 g/mol. The Balaban J connectivity index is 1.41. The van der Waals surface area contributed by atoms with E-state index in [1.165, 1.54) is 11.6 Å². The van der Waals surface area contributed by atoms with Crippen molar-refractivity contribution in [3.63, 3.8) is 0 Å². The number of fused-ring (bicyclic) bond motifs is 4. The van der Waals surface area contributed by atoms with E-state index in [1.807, 2.05) is 43.3 Å². The smallest absolute Gasteiger partial charge is 0.410 e. The van der Waals surface area contributed by atoms with Gasteiger partial charge in [-0.1, -0.05) is 48.1 Å². The molecule has 3 aliphatic rings. The number of amides is 2. The molecule has 1 saturated heterocycles. The number of aromatic amines is 1. The Morgan fingerprint density at radius 1 is 1.23 bits per heavy atom. The molecule has 7 heteroatoms. The molecule has 1 aromatic heterocycles. The van der Waals surface area contributed by atoms with Crippen molar-refractivity contribution in [1.82, 2.24) is 15.2 Å². The summed E-state index contributed by atoms with van der Waals surface area (Å²) in [6.07, 6.45) is 6.50. The maximum atomic E-state index is 13.8. The molecule has 3 atom stereocenters. The van der Waals surface area contributed by atoms with Gasteiger partial charge in [0, 0.05) is 29.8 Å². The quantitative estimate of drug-likeness (QED) is 0.658. The lowest BCUT2D eigenvalue weighted by atomic mass is 9.63. The molecule has 2 aromatic rings. The highest BCUT2D eigenvalue weighted by Gasteiger charge is 2.49. The van der Waals surface area contributed by atoms with Crippen LogP contribution in [0, 0.1) is 5.92 Å². The van der Waals surface area contributed by atoms with Crippen LogP contribution in [-0.2, 0) is 28.1 Å². The van der Waals surface area contributed by atoms with E-state index in [2.05, 4.69) is 29.4 Å². The van der Waals surface area contributed by atoms with Gasteiger partial charge in [-0.15, -0.1) is 0 Å². The number of nitrogens with one attached hydrogen (secondary N) is 2. The van der Waals surface area contributed by atoms with Crippen molar-refractivity contribution in [3.8, 4) is 0 Å². The highest BCUT2D eigenvalue weighted by Crippen LogP contribution is 2.49. The molecule has 2 heterocycles. The number of hydrogen-bond acceptors (Lipinski definition) is 4. The molecule has 5 rings (SSSR count). The molecule has 2 N–H and O–H groups in total. The maximum Gasteiger partial charge on any atom is 0.410 e. The summed E-state index contributed by atoms with van der Waals surface area (Å²) in [6.45, 7) is 4.74. The molecule has 2 bridgehead atoms. The number of nitrogens with zero attached hydrogens (tertiary/aromatic N) is 1. The predicted octanol–water partition coefficient (Wildman–Crippen LogP) is 3.96. The number of carbonyl (C=O) groups is 2. The van der Waals surface area contributed by atoms with Gasteiger partial charge >= 0.3 is 6.09 Å². The molecule has 0 spiro atoms. The molecule has 2 aliphatic carbocycles. The molecule has 0 saturated carbocycles. The predicted molar refractivity (Wildman–Crippen MR) is 133 cm³/mol. The molecule has 1 aromatic carbocycles. The van der Waals surface area contributed by atoms with Crippen molar-refractivity contribution in [3.05, 3.63) is 92.9 Å². The number of hydrogen-bond donors (Lipinski definition) is 2. The fourth-order valence-corrected chi connectivity index (χ4v) is 6.04. The van der Waals surface area contributed by atoms with E-state index < -0.39 is 17.7 Å². The maximum absolute atomic E-state index is 13.8. The van der Waals surface area contributed by atoms with E-state index in [4.69, 9.17) is 4.74 Å². The summed E-state index contributed by atoms with van der Waals surface area (Å²) in [4.78, 5) is 43.3. The van der Waals surface area contributed by atoms with Gasteiger partial charge in [0.05, 0.1) is 5.54 Å². The van der Waals surface area contributed by atoms with Crippen LogP contribution in [0.1, 0.15) is 49.9 Å². The van der Waals surface area contributed by atoms with Gasteiger partial charge in [-0.05, 0) is 56.7 Å². The first-order valence-electron chi connectivity index (χ1n) is 12.3. The van der Waals surface area contributed by atoms with E-state index in [0.717, 1.165) is 28.8 Å². The molecule has 1 aliphatic heterocycles. The van der Waals surface area contributed by atoms with Crippen LogP contribution in [-0.4, -0.2) is 34.5 Å². The Hall–Kier alpha value is -3.61. The average molecular weight is 474 g/mol. The number of ether oxygens (including phenoxy) is 1. The van der Waals surface area contributed by atoms with Crippen molar-refractivity contribution in [1.29, 1.82) is 0 Å². The second-order valence-electron chi connectivity index (χ2n) is 9.75. The summed E-state index contributed by atoms with van der Waals surface area (Å²) >= 11 is 0. The number of likely N-dealkylation sites (tertiary alicyclic amines) is 1. The van der Waals surface area contributed by atoms with Gasteiger partial charge < -0.3 is 15.0 Å². The fraction of sp³-hybridized carbons (Fsp3) is 0.393. The summed E-state index contributed by atoms with van der Waals surface area (Å²) in [7, 11) is 0. The normalized spacial score (nSPS) is 26.2. The molecule has 7 nitrogen and oxygen atoms in total. The Morgan fingerprint density at radius 3 is 2.80 bits per heavy atom. The molecule has 182 valence electrons. The monoisotopic (exact) mass is 473 g/mol. The van der Waals surface area contributed by atoms with Crippen LogP contribution in [0.5, 0.6) is 0 Å². The SMILES string of the molecule is CC=C1C2C=C(C)CC1(NC(=O)C1CCCN1C(=O)OCc1ccccc1)c1ccc(=O)[nH]c1C2. The standard InChI is InChI=1S/C28H31N3O4/c1-3-21-20-14-18(2)16-28(21,22-11-12-25(32)29-23(22)15-20)30-26(33)24-10-7-13-31(24)27(34)35-17-19-8-5-4-6-9-19/h3-6,8-9,11-12,14,20,24H,7,10,13,15-17H2,1-2H3,(H,29,32)(H,30,33). The van der Waals surface area contributed by atoms with Crippen molar-refractivity contribution >= 4 is 12.0 Å². The van der Waals surface area contributed by atoms with Crippen LogP contribution in [0.4, 0.5) is 4.79 Å². The van der Waals surface area contributed by atoms with Crippen molar-refractivity contribution in [2.45, 2.75) is 57.7 Å². The fourth-order valence-electron chi connectivity index (χ4n) is 6.04. The molecular formula is C28H31N3O4. The van der Waals surface area contributed by atoms with Crippen LogP contribution in [0.15, 0.2) is 70.6 Å².